The Morgan fingerprint density at radius 3 is 2.30 bits per heavy atom. The Kier molecular flexibility index (Phi) is 3.91. The summed E-state index contributed by atoms with van der Waals surface area (Å²) in [4.78, 5) is 0. The van der Waals surface area contributed by atoms with Crippen LogP contribution in [0.5, 0.6) is 0 Å². The van der Waals surface area contributed by atoms with Gasteiger partial charge in [-0.3, -0.25) is 0 Å². The van der Waals surface area contributed by atoms with Gasteiger partial charge >= 0.3 is 0 Å². The molecule has 1 atom stereocenters. The van der Waals surface area contributed by atoms with Crippen molar-refractivity contribution in [3.05, 3.63) is 0 Å². The molecule has 0 bridgehead atoms. The zero-order valence-electron chi connectivity index (χ0n) is 7.22. The highest BCUT2D eigenvalue weighted by Gasteiger charge is 2.09. The van der Waals surface area contributed by atoms with Crippen molar-refractivity contribution in [2.24, 2.45) is 5.73 Å². The van der Waals surface area contributed by atoms with Crippen molar-refractivity contribution in [3.63, 3.8) is 0 Å². The number of rotatable bonds is 4. The van der Waals surface area contributed by atoms with Crippen LogP contribution in [0, 0.1) is 0 Å². The van der Waals surface area contributed by atoms with Crippen molar-refractivity contribution in [3.8, 4) is 0 Å². The minimum Gasteiger partial charge on any atom is -0.393 e. The molecule has 0 heterocycles. The van der Waals surface area contributed by atoms with Crippen LogP contribution in [-0.2, 0) is 0 Å². The second kappa shape index (κ2) is 3.94. The van der Waals surface area contributed by atoms with Crippen molar-refractivity contribution >= 4 is 0 Å². The lowest BCUT2D eigenvalue weighted by Gasteiger charge is -2.18. The van der Waals surface area contributed by atoms with Gasteiger partial charge in [-0.1, -0.05) is 0 Å². The van der Waals surface area contributed by atoms with Gasteiger partial charge in [0.15, 0.2) is 0 Å². The molecule has 0 spiro atoms. The van der Waals surface area contributed by atoms with E-state index in [9.17, 15) is 0 Å². The van der Waals surface area contributed by atoms with Gasteiger partial charge in [-0.2, -0.15) is 0 Å². The normalized spacial score (nSPS) is 15.3. The van der Waals surface area contributed by atoms with Crippen molar-refractivity contribution in [1.29, 1.82) is 0 Å². The predicted octanol–water partition coefficient (Wildman–Crippen LogP) is 1.27. The maximum absolute atomic E-state index is 8.91. The first-order valence-corrected chi connectivity index (χ1v) is 3.89. The number of aliphatic hydroxyl groups excluding tert-OH is 1. The number of nitrogens with two attached hydrogens (primary N) is 1. The third-order valence-electron chi connectivity index (χ3n) is 1.44. The standard InChI is InChI=1S/C8H19NO/c1-7(10)5-4-6-8(2,3)9/h7,10H,4-6,9H2,1-3H3. The number of aliphatic hydroxyl groups is 1. The fourth-order valence-corrected chi connectivity index (χ4v) is 0.853. The van der Waals surface area contributed by atoms with Crippen LogP contribution < -0.4 is 5.73 Å². The molecule has 0 aromatic heterocycles. The smallest absolute Gasteiger partial charge is 0.0512 e. The molecule has 0 aliphatic carbocycles. The highest BCUT2D eigenvalue weighted by molar-refractivity contribution is 4.71. The van der Waals surface area contributed by atoms with Gasteiger partial charge in [0.2, 0.25) is 0 Å². The van der Waals surface area contributed by atoms with Gasteiger partial charge in [-0.25, -0.2) is 0 Å². The van der Waals surface area contributed by atoms with Gasteiger partial charge in [0.25, 0.3) is 0 Å². The highest BCUT2D eigenvalue weighted by Crippen LogP contribution is 2.10. The van der Waals surface area contributed by atoms with E-state index < -0.39 is 0 Å². The largest absolute Gasteiger partial charge is 0.393 e. The molecule has 0 saturated carbocycles. The molecular weight excluding hydrogens is 126 g/mol. The Morgan fingerprint density at radius 1 is 1.50 bits per heavy atom. The lowest BCUT2D eigenvalue weighted by Crippen LogP contribution is -2.31. The molecule has 0 radical (unpaired) electrons. The van der Waals surface area contributed by atoms with Gasteiger partial charge in [0.05, 0.1) is 6.10 Å². The maximum atomic E-state index is 8.91. The fourth-order valence-electron chi connectivity index (χ4n) is 0.853. The van der Waals surface area contributed by atoms with Crippen LogP contribution in [0.15, 0.2) is 0 Å². The Labute approximate surface area is 63.4 Å². The van der Waals surface area contributed by atoms with Gasteiger partial charge in [-0.05, 0) is 40.0 Å². The molecule has 3 N–H and O–H groups in total. The summed E-state index contributed by atoms with van der Waals surface area (Å²) in [6, 6.07) is 0. The monoisotopic (exact) mass is 145 g/mol. The third kappa shape index (κ3) is 7.92. The van der Waals surface area contributed by atoms with E-state index in [1.54, 1.807) is 0 Å². The minimum absolute atomic E-state index is 0.0745. The first kappa shape index (κ1) is 9.92. The molecule has 1 unspecified atom stereocenters. The maximum Gasteiger partial charge on any atom is 0.0512 e. The SMILES string of the molecule is CC(O)CCCC(C)(C)N. The lowest BCUT2D eigenvalue weighted by atomic mass is 9.98. The van der Waals surface area contributed by atoms with E-state index >= 15 is 0 Å². The topological polar surface area (TPSA) is 46.2 Å². The van der Waals surface area contributed by atoms with Gasteiger partial charge in [0, 0.05) is 5.54 Å². The van der Waals surface area contributed by atoms with Crippen molar-refractivity contribution in [2.45, 2.75) is 51.7 Å². The predicted molar refractivity (Wildman–Crippen MR) is 43.8 cm³/mol. The quantitative estimate of drug-likeness (QED) is 0.626. The van der Waals surface area contributed by atoms with E-state index in [0.717, 1.165) is 19.3 Å². The number of hydrogen-bond donors (Lipinski definition) is 2. The van der Waals surface area contributed by atoms with E-state index in [0.29, 0.717) is 0 Å². The van der Waals surface area contributed by atoms with Crippen LogP contribution in [0.25, 0.3) is 0 Å². The van der Waals surface area contributed by atoms with E-state index in [1.165, 1.54) is 0 Å². The van der Waals surface area contributed by atoms with Crippen LogP contribution in [-0.4, -0.2) is 16.7 Å². The fraction of sp³-hybridized carbons (Fsp3) is 1.00. The molecule has 0 aromatic carbocycles. The molecule has 0 aliphatic heterocycles. The first-order chi connectivity index (χ1) is 4.42. The molecule has 0 saturated heterocycles. The zero-order chi connectivity index (χ0) is 8.20. The first-order valence-electron chi connectivity index (χ1n) is 3.89. The van der Waals surface area contributed by atoms with Gasteiger partial charge in [-0.15, -0.1) is 0 Å². The average molecular weight is 145 g/mol. The summed E-state index contributed by atoms with van der Waals surface area (Å²) < 4.78 is 0. The summed E-state index contributed by atoms with van der Waals surface area (Å²) in [5.41, 5.74) is 5.67. The summed E-state index contributed by atoms with van der Waals surface area (Å²) in [7, 11) is 0. The Hall–Kier alpha value is -0.0800. The highest BCUT2D eigenvalue weighted by atomic mass is 16.3. The second-order valence-corrected chi connectivity index (χ2v) is 3.73. The molecule has 0 fully saturated rings. The van der Waals surface area contributed by atoms with E-state index in [1.807, 2.05) is 20.8 Å². The summed E-state index contributed by atoms with van der Waals surface area (Å²) in [5.74, 6) is 0. The Morgan fingerprint density at radius 2 is 2.00 bits per heavy atom. The average Bonchev–Trinajstić information content (AvgIpc) is 1.59. The molecule has 10 heavy (non-hydrogen) atoms. The molecule has 0 aliphatic rings. The van der Waals surface area contributed by atoms with Gasteiger partial charge < -0.3 is 10.8 Å². The second-order valence-electron chi connectivity index (χ2n) is 3.73. The lowest BCUT2D eigenvalue weighted by molar-refractivity contribution is 0.177. The molecule has 2 heteroatoms. The molecule has 0 amide bonds. The number of hydrogen-bond acceptors (Lipinski definition) is 2. The molecular formula is C8H19NO. The zero-order valence-corrected chi connectivity index (χ0v) is 7.22. The molecule has 2 nitrogen and oxygen atoms in total. The van der Waals surface area contributed by atoms with Crippen LogP contribution in [0.4, 0.5) is 0 Å². The van der Waals surface area contributed by atoms with Crippen LogP contribution in [0.1, 0.15) is 40.0 Å². The third-order valence-corrected chi connectivity index (χ3v) is 1.44. The molecule has 0 aromatic rings. The van der Waals surface area contributed by atoms with Gasteiger partial charge in [0.1, 0.15) is 0 Å². The Balaban J connectivity index is 3.21. The van der Waals surface area contributed by atoms with Crippen LogP contribution >= 0.6 is 0 Å². The van der Waals surface area contributed by atoms with E-state index in [2.05, 4.69) is 0 Å². The van der Waals surface area contributed by atoms with Crippen molar-refractivity contribution in [1.82, 2.24) is 0 Å². The summed E-state index contributed by atoms with van der Waals surface area (Å²) in [5, 5.41) is 8.91. The Bertz CT molecular complexity index is 83.7. The van der Waals surface area contributed by atoms with E-state index in [4.69, 9.17) is 10.8 Å². The van der Waals surface area contributed by atoms with E-state index in [-0.39, 0.29) is 11.6 Å². The van der Waals surface area contributed by atoms with Crippen molar-refractivity contribution < 1.29 is 5.11 Å². The minimum atomic E-state index is -0.178. The summed E-state index contributed by atoms with van der Waals surface area (Å²) >= 11 is 0. The summed E-state index contributed by atoms with van der Waals surface area (Å²) in [6.45, 7) is 5.83. The molecule has 0 rings (SSSR count). The summed E-state index contributed by atoms with van der Waals surface area (Å²) in [6.07, 6.45) is 2.68. The van der Waals surface area contributed by atoms with Crippen molar-refractivity contribution in [2.75, 3.05) is 0 Å². The van der Waals surface area contributed by atoms with Crippen LogP contribution in [0.2, 0.25) is 0 Å². The van der Waals surface area contributed by atoms with Crippen LogP contribution in [0.3, 0.4) is 0 Å². The molecule has 62 valence electrons.